The standard InChI is InChI=1S/C19H19BrF3N5O/c1-12-18(20)13(2)28(26-12)7-6-17(29)25-16-9-24-27(11-16)10-14-4-3-5-15(8-14)19(21,22)23/h3-5,8-9,11H,6-7,10H2,1-2H3,(H,25,29). The van der Waals surface area contributed by atoms with E-state index in [9.17, 15) is 18.0 Å². The maximum absolute atomic E-state index is 12.8. The van der Waals surface area contributed by atoms with Crippen LogP contribution in [0.25, 0.3) is 0 Å². The van der Waals surface area contributed by atoms with Crippen LogP contribution in [0.1, 0.15) is 28.9 Å². The number of anilines is 1. The third-order valence-electron chi connectivity index (χ3n) is 4.36. The summed E-state index contributed by atoms with van der Waals surface area (Å²) in [5.41, 5.74) is 2.06. The van der Waals surface area contributed by atoms with Gasteiger partial charge in [-0.25, -0.2) is 0 Å². The van der Waals surface area contributed by atoms with Gasteiger partial charge in [0.25, 0.3) is 0 Å². The Morgan fingerprint density at radius 1 is 1.28 bits per heavy atom. The molecule has 0 aliphatic heterocycles. The molecule has 0 saturated carbocycles. The van der Waals surface area contributed by atoms with Crippen LogP contribution in [0, 0.1) is 13.8 Å². The summed E-state index contributed by atoms with van der Waals surface area (Å²) < 4.78 is 42.6. The zero-order valence-electron chi connectivity index (χ0n) is 15.8. The zero-order chi connectivity index (χ0) is 21.2. The molecule has 1 aromatic carbocycles. The van der Waals surface area contributed by atoms with Crippen LogP contribution in [0.2, 0.25) is 0 Å². The lowest BCUT2D eigenvalue weighted by Crippen LogP contribution is -2.15. The summed E-state index contributed by atoms with van der Waals surface area (Å²) in [4.78, 5) is 12.2. The molecule has 6 nitrogen and oxygen atoms in total. The molecule has 0 radical (unpaired) electrons. The number of hydrogen-bond donors (Lipinski definition) is 1. The van der Waals surface area contributed by atoms with E-state index in [1.165, 1.54) is 16.9 Å². The van der Waals surface area contributed by atoms with E-state index in [1.54, 1.807) is 16.9 Å². The Morgan fingerprint density at radius 3 is 2.69 bits per heavy atom. The molecule has 1 amide bonds. The zero-order valence-corrected chi connectivity index (χ0v) is 17.4. The molecule has 0 fully saturated rings. The van der Waals surface area contributed by atoms with Gasteiger partial charge in [-0.15, -0.1) is 0 Å². The third kappa shape index (κ3) is 5.26. The highest BCUT2D eigenvalue weighted by Gasteiger charge is 2.30. The number of aromatic nitrogens is 4. The minimum atomic E-state index is -4.39. The van der Waals surface area contributed by atoms with Gasteiger partial charge in [-0.05, 0) is 47.5 Å². The van der Waals surface area contributed by atoms with Crippen LogP contribution in [0.15, 0.2) is 41.1 Å². The molecule has 154 valence electrons. The summed E-state index contributed by atoms with van der Waals surface area (Å²) in [5.74, 6) is -0.202. The first-order valence-corrected chi connectivity index (χ1v) is 9.60. The van der Waals surface area contributed by atoms with Crippen molar-refractivity contribution in [3.8, 4) is 0 Å². The Morgan fingerprint density at radius 2 is 2.03 bits per heavy atom. The maximum Gasteiger partial charge on any atom is 0.416 e. The van der Waals surface area contributed by atoms with Gasteiger partial charge in [0, 0.05) is 18.3 Å². The second-order valence-corrected chi connectivity index (χ2v) is 7.42. The van der Waals surface area contributed by atoms with E-state index in [4.69, 9.17) is 0 Å². The highest BCUT2D eigenvalue weighted by atomic mass is 79.9. The second kappa shape index (κ2) is 8.40. The first-order valence-electron chi connectivity index (χ1n) is 8.81. The van der Waals surface area contributed by atoms with E-state index < -0.39 is 11.7 Å². The highest BCUT2D eigenvalue weighted by Crippen LogP contribution is 2.29. The molecule has 1 N–H and O–H groups in total. The van der Waals surface area contributed by atoms with Gasteiger partial charge in [0.15, 0.2) is 0 Å². The number of halogens is 4. The van der Waals surface area contributed by atoms with Crippen LogP contribution in [0.3, 0.4) is 0 Å². The number of rotatable bonds is 6. The topological polar surface area (TPSA) is 64.7 Å². The van der Waals surface area contributed by atoms with Crippen LogP contribution in [-0.2, 0) is 24.1 Å². The summed E-state index contributed by atoms with van der Waals surface area (Å²) >= 11 is 3.45. The van der Waals surface area contributed by atoms with Gasteiger partial charge in [-0.1, -0.05) is 12.1 Å². The fourth-order valence-corrected chi connectivity index (χ4v) is 3.16. The summed E-state index contributed by atoms with van der Waals surface area (Å²) in [5, 5.41) is 11.2. The van der Waals surface area contributed by atoms with Crippen LogP contribution >= 0.6 is 15.9 Å². The molecular weight excluding hydrogens is 451 g/mol. The van der Waals surface area contributed by atoms with Gasteiger partial charge in [0.1, 0.15) is 0 Å². The van der Waals surface area contributed by atoms with Crippen molar-refractivity contribution in [2.24, 2.45) is 0 Å². The molecule has 29 heavy (non-hydrogen) atoms. The van der Waals surface area contributed by atoms with Crippen molar-refractivity contribution in [3.05, 3.63) is 63.6 Å². The molecule has 3 rings (SSSR count). The van der Waals surface area contributed by atoms with Crippen molar-refractivity contribution in [1.82, 2.24) is 19.6 Å². The quantitative estimate of drug-likeness (QED) is 0.575. The molecule has 0 atom stereocenters. The molecule has 0 bridgehead atoms. The minimum Gasteiger partial charge on any atom is -0.323 e. The number of amides is 1. The summed E-state index contributed by atoms with van der Waals surface area (Å²) in [6, 6.07) is 5.08. The normalized spacial score (nSPS) is 11.7. The van der Waals surface area contributed by atoms with Gasteiger partial charge < -0.3 is 5.32 Å². The van der Waals surface area contributed by atoms with E-state index in [2.05, 4.69) is 31.4 Å². The van der Waals surface area contributed by atoms with Crippen molar-refractivity contribution in [2.45, 2.75) is 39.5 Å². The predicted molar refractivity (Wildman–Crippen MR) is 105 cm³/mol. The van der Waals surface area contributed by atoms with Crippen LogP contribution in [0.4, 0.5) is 18.9 Å². The van der Waals surface area contributed by atoms with Crippen molar-refractivity contribution in [1.29, 1.82) is 0 Å². The van der Waals surface area contributed by atoms with E-state index in [0.29, 0.717) is 17.8 Å². The number of nitrogens with zero attached hydrogens (tertiary/aromatic N) is 4. The monoisotopic (exact) mass is 469 g/mol. The summed E-state index contributed by atoms with van der Waals surface area (Å²) in [6.07, 6.45) is -1.11. The Hall–Kier alpha value is -2.62. The smallest absolute Gasteiger partial charge is 0.323 e. The molecule has 2 aromatic heterocycles. The summed E-state index contributed by atoms with van der Waals surface area (Å²) in [6.45, 7) is 4.40. The first kappa shape index (κ1) is 21.1. The van der Waals surface area contributed by atoms with E-state index in [-0.39, 0.29) is 18.9 Å². The Kier molecular flexibility index (Phi) is 6.11. The number of nitrogens with one attached hydrogen (secondary N) is 1. The number of benzene rings is 1. The van der Waals surface area contributed by atoms with E-state index in [0.717, 1.165) is 28.0 Å². The molecule has 0 aliphatic rings. The van der Waals surface area contributed by atoms with Crippen molar-refractivity contribution in [3.63, 3.8) is 0 Å². The van der Waals surface area contributed by atoms with Crippen LogP contribution < -0.4 is 5.32 Å². The van der Waals surface area contributed by atoms with E-state index >= 15 is 0 Å². The first-order chi connectivity index (χ1) is 13.6. The molecule has 2 heterocycles. The second-order valence-electron chi connectivity index (χ2n) is 6.63. The van der Waals surface area contributed by atoms with Gasteiger partial charge >= 0.3 is 6.18 Å². The number of carbonyl (C=O) groups excluding carboxylic acids is 1. The number of carbonyl (C=O) groups is 1. The minimum absolute atomic E-state index is 0.166. The molecule has 10 heteroatoms. The number of alkyl halides is 3. The van der Waals surface area contributed by atoms with Crippen LogP contribution in [0.5, 0.6) is 0 Å². The van der Waals surface area contributed by atoms with Gasteiger partial charge in [0.2, 0.25) is 5.91 Å². The van der Waals surface area contributed by atoms with Gasteiger partial charge in [0.05, 0.1) is 40.7 Å². The van der Waals surface area contributed by atoms with E-state index in [1.807, 2.05) is 13.8 Å². The Balaban J connectivity index is 1.57. The predicted octanol–water partition coefficient (Wildman–Crippen LogP) is 4.55. The highest BCUT2D eigenvalue weighted by molar-refractivity contribution is 9.10. The molecule has 0 spiro atoms. The molecule has 0 unspecified atom stereocenters. The molecular formula is C19H19BrF3N5O. The van der Waals surface area contributed by atoms with Gasteiger partial charge in [-0.2, -0.15) is 23.4 Å². The SMILES string of the molecule is Cc1nn(CCC(=O)Nc2cnn(Cc3cccc(C(F)(F)F)c3)c2)c(C)c1Br. The maximum atomic E-state index is 12.8. The van der Waals surface area contributed by atoms with Gasteiger partial charge in [-0.3, -0.25) is 14.2 Å². The van der Waals surface area contributed by atoms with Crippen LogP contribution in [-0.4, -0.2) is 25.5 Å². The average molecular weight is 470 g/mol. The summed E-state index contributed by atoms with van der Waals surface area (Å²) in [7, 11) is 0. The molecule has 0 saturated heterocycles. The largest absolute Gasteiger partial charge is 0.416 e. The average Bonchev–Trinajstić information content (AvgIpc) is 3.19. The molecule has 0 aliphatic carbocycles. The molecule has 3 aromatic rings. The number of aryl methyl sites for hydroxylation is 2. The van der Waals surface area contributed by atoms with Crippen molar-refractivity contribution >= 4 is 27.5 Å². The Bertz CT molecular complexity index is 1030. The lowest BCUT2D eigenvalue weighted by Gasteiger charge is -2.08. The fourth-order valence-electron chi connectivity index (χ4n) is 2.87. The lowest BCUT2D eigenvalue weighted by atomic mass is 10.1. The Labute approximate surface area is 173 Å². The fraction of sp³-hybridized carbons (Fsp3) is 0.316. The van der Waals surface area contributed by atoms with Crippen molar-refractivity contribution < 1.29 is 18.0 Å². The lowest BCUT2D eigenvalue weighted by molar-refractivity contribution is -0.137. The third-order valence-corrected chi connectivity index (χ3v) is 5.51. The number of hydrogen-bond acceptors (Lipinski definition) is 3. The van der Waals surface area contributed by atoms with Crippen molar-refractivity contribution in [2.75, 3.05) is 5.32 Å².